The van der Waals surface area contributed by atoms with E-state index < -0.39 is 12.5 Å². The van der Waals surface area contributed by atoms with Gasteiger partial charge in [-0.1, -0.05) is 24.3 Å². The lowest BCUT2D eigenvalue weighted by atomic mass is 10.1. The molecular formula is C16H15F3N4O. The fourth-order valence-corrected chi connectivity index (χ4v) is 1.82. The third kappa shape index (κ3) is 5.40. The smallest absolute Gasteiger partial charge is 0.406 e. The van der Waals surface area contributed by atoms with Crippen molar-refractivity contribution >= 4 is 18.2 Å². The number of rotatable bonds is 6. The summed E-state index contributed by atoms with van der Waals surface area (Å²) >= 11 is 0. The lowest BCUT2D eigenvalue weighted by molar-refractivity contribution is -0.274. The Morgan fingerprint density at radius 2 is 1.71 bits per heavy atom. The highest BCUT2D eigenvalue weighted by Crippen LogP contribution is 2.23. The third-order valence-corrected chi connectivity index (χ3v) is 3.00. The molecule has 0 saturated carbocycles. The van der Waals surface area contributed by atoms with E-state index in [1.54, 1.807) is 24.3 Å². The van der Waals surface area contributed by atoms with Gasteiger partial charge in [0.05, 0.1) is 6.34 Å². The average Bonchev–Trinajstić information content (AvgIpc) is 2.55. The fourth-order valence-electron chi connectivity index (χ4n) is 1.82. The van der Waals surface area contributed by atoms with Crippen LogP contribution in [0.2, 0.25) is 0 Å². The Balaban J connectivity index is 1.91. The molecule has 0 aromatic heterocycles. The first-order chi connectivity index (χ1) is 11.4. The van der Waals surface area contributed by atoms with E-state index in [0.717, 1.165) is 11.1 Å². The summed E-state index contributed by atoms with van der Waals surface area (Å²) in [5.74, 6) is -0.298. The lowest BCUT2D eigenvalue weighted by Crippen LogP contribution is -2.17. The summed E-state index contributed by atoms with van der Waals surface area (Å²) in [6.07, 6.45) is -2.71. The molecule has 0 radical (unpaired) electrons. The molecule has 0 heterocycles. The van der Waals surface area contributed by atoms with Crippen molar-refractivity contribution in [1.82, 2.24) is 0 Å². The predicted octanol–water partition coefficient (Wildman–Crippen LogP) is 3.68. The van der Waals surface area contributed by atoms with E-state index in [1.165, 1.54) is 36.8 Å². The van der Waals surface area contributed by atoms with Gasteiger partial charge in [-0.15, -0.1) is 13.2 Å². The molecule has 2 aromatic carbocycles. The van der Waals surface area contributed by atoms with Gasteiger partial charge in [0.25, 0.3) is 0 Å². The Kier molecular flexibility index (Phi) is 5.54. The second-order valence-electron chi connectivity index (χ2n) is 4.75. The maximum absolute atomic E-state index is 12.1. The standard InChI is InChI=1S/C16H15F3N4O/c17-16(18,19)24-14-7-5-13(6-8-14)22-10-23-15(21)12-3-1-11(9-20)2-4-12/h1-10,15,20H,21H2,(H,22,23). The number of aliphatic imine (C=N–C) groups is 1. The second kappa shape index (κ2) is 7.60. The maximum atomic E-state index is 12.1. The number of hydrogen-bond acceptors (Lipinski definition) is 4. The van der Waals surface area contributed by atoms with Gasteiger partial charge in [-0.05, 0) is 35.4 Å². The molecule has 24 heavy (non-hydrogen) atoms. The van der Waals surface area contributed by atoms with E-state index in [0.29, 0.717) is 5.69 Å². The van der Waals surface area contributed by atoms with Crippen molar-refractivity contribution in [3.63, 3.8) is 0 Å². The van der Waals surface area contributed by atoms with E-state index >= 15 is 0 Å². The number of nitrogens with one attached hydrogen (secondary N) is 2. The Morgan fingerprint density at radius 3 is 2.25 bits per heavy atom. The van der Waals surface area contributed by atoms with E-state index in [9.17, 15) is 13.2 Å². The number of anilines is 1. The summed E-state index contributed by atoms with van der Waals surface area (Å²) in [6, 6.07) is 12.3. The molecule has 0 saturated heterocycles. The molecule has 126 valence electrons. The average molecular weight is 336 g/mol. The molecule has 1 unspecified atom stereocenters. The van der Waals surface area contributed by atoms with Gasteiger partial charge in [0.1, 0.15) is 11.9 Å². The van der Waals surface area contributed by atoms with Gasteiger partial charge in [-0.25, -0.2) is 0 Å². The zero-order chi connectivity index (χ0) is 17.6. The highest BCUT2D eigenvalue weighted by molar-refractivity contribution is 5.77. The van der Waals surface area contributed by atoms with Crippen LogP contribution < -0.4 is 15.8 Å². The number of ether oxygens (including phenoxy) is 1. The molecule has 2 aromatic rings. The minimum absolute atomic E-state index is 0.298. The summed E-state index contributed by atoms with van der Waals surface area (Å²) in [5.41, 5.74) is 7.97. The number of benzene rings is 2. The number of alkyl halides is 3. The molecule has 0 bridgehead atoms. The van der Waals surface area contributed by atoms with E-state index in [1.807, 2.05) is 0 Å². The Labute approximate surface area is 136 Å². The number of nitrogens with zero attached hydrogens (tertiary/aromatic N) is 1. The molecule has 0 amide bonds. The maximum Gasteiger partial charge on any atom is 0.573 e. The summed E-state index contributed by atoms with van der Waals surface area (Å²) in [4.78, 5) is 4.10. The summed E-state index contributed by atoms with van der Waals surface area (Å²) in [7, 11) is 0. The number of halogens is 3. The largest absolute Gasteiger partial charge is 0.573 e. The summed E-state index contributed by atoms with van der Waals surface area (Å²) < 4.78 is 39.9. The molecule has 0 fully saturated rings. The second-order valence-corrected chi connectivity index (χ2v) is 4.75. The van der Waals surface area contributed by atoms with E-state index in [4.69, 9.17) is 11.1 Å². The molecular weight excluding hydrogens is 321 g/mol. The van der Waals surface area contributed by atoms with Crippen molar-refractivity contribution in [3.8, 4) is 5.75 Å². The van der Waals surface area contributed by atoms with Gasteiger partial charge in [-0.2, -0.15) is 0 Å². The van der Waals surface area contributed by atoms with Crippen LogP contribution in [-0.2, 0) is 0 Å². The molecule has 1 atom stereocenters. The highest BCUT2D eigenvalue weighted by Gasteiger charge is 2.30. The third-order valence-electron chi connectivity index (χ3n) is 3.00. The molecule has 8 heteroatoms. The van der Waals surface area contributed by atoms with Gasteiger partial charge in [0.15, 0.2) is 0 Å². The van der Waals surface area contributed by atoms with Crippen LogP contribution in [0.5, 0.6) is 5.75 Å². The SMILES string of the molecule is N=Cc1ccc(C(N)N=CNc2ccc(OC(F)(F)F)cc2)cc1. The van der Waals surface area contributed by atoms with Crippen LogP contribution in [0.25, 0.3) is 0 Å². The summed E-state index contributed by atoms with van der Waals surface area (Å²) in [6.45, 7) is 0. The van der Waals surface area contributed by atoms with Crippen LogP contribution in [0.4, 0.5) is 18.9 Å². The van der Waals surface area contributed by atoms with Gasteiger partial charge in [0.2, 0.25) is 0 Å². The van der Waals surface area contributed by atoms with Crippen molar-refractivity contribution in [1.29, 1.82) is 5.41 Å². The van der Waals surface area contributed by atoms with Gasteiger partial charge in [-0.3, -0.25) is 4.99 Å². The van der Waals surface area contributed by atoms with Gasteiger partial charge < -0.3 is 21.2 Å². The number of hydrogen-bond donors (Lipinski definition) is 3. The van der Waals surface area contributed by atoms with Crippen LogP contribution in [-0.4, -0.2) is 18.9 Å². The monoisotopic (exact) mass is 336 g/mol. The predicted molar refractivity (Wildman–Crippen MR) is 86.5 cm³/mol. The molecule has 2 rings (SSSR count). The Bertz CT molecular complexity index is 697. The first kappa shape index (κ1) is 17.5. The molecule has 5 nitrogen and oxygen atoms in total. The molecule has 0 spiro atoms. The van der Waals surface area contributed by atoms with Crippen molar-refractivity contribution in [3.05, 3.63) is 59.7 Å². The zero-order valence-corrected chi connectivity index (χ0v) is 12.4. The Morgan fingerprint density at radius 1 is 1.08 bits per heavy atom. The minimum Gasteiger partial charge on any atom is -0.406 e. The summed E-state index contributed by atoms with van der Waals surface area (Å²) in [5, 5.41) is 9.94. The molecule has 0 aliphatic rings. The van der Waals surface area contributed by atoms with E-state index in [2.05, 4.69) is 15.0 Å². The van der Waals surface area contributed by atoms with Gasteiger partial charge >= 0.3 is 6.36 Å². The normalized spacial score (nSPS) is 12.8. The molecule has 0 aliphatic heterocycles. The van der Waals surface area contributed by atoms with Crippen molar-refractivity contribution in [2.45, 2.75) is 12.5 Å². The Hall–Kier alpha value is -2.87. The van der Waals surface area contributed by atoms with Gasteiger partial charge in [0, 0.05) is 11.9 Å². The molecule has 0 aliphatic carbocycles. The topological polar surface area (TPSA) is 83.5 Å². The quantitative estimate of drug-likeness (QED) is 0.556. The minimum atomic E-state index is -4.71. The first-order valence-electron chi connectivity index (χ1n) is 6.87. The highest BCUT2D eigenvalue weighted by atomic mass is 19.4. The van der Waals surface area contributed by atoms with Crippen molar-refractivity contribution in [2.75, 3.05) is 5.32 Å². The van der Waals surface area contributed by atoms with Crippen LogP contribution in [0.1, 0.15) is 17.3 Å². The van der Waals surface area contributed by atoms with Crippen molar-refractivity contribution < 1.29 is 17.9 Å². The van der Waals surface area contributed by atoms with Crippen LogP contribution >= 0.6 is 0 Å². The molecule has 4 N–H and O–H groups in total. The van der Waals surface area contributed by atoms with Crippen molar-refractivity contribution in [2.24, 2.45) is 10.7 Å². The van der Waals surface area contributed by atoms with Crippen LogP contribution in [0.15, 0.2) is 53.5 Å². The first-order valence-corrected chi connectivity index (χ1v) is 6.87. The van der Waals surface area contributed by atoms with E-state index in [-0.39, 0.29) is 5.75 Å². The van der Waals surface area contributed by atoms with Crippen LogP contribution in [0, 0.1) is 5.41 Å². The van der Waals surface area contributed by atoms with Crippen LogP contribution in [0.3, 0.4) is 0 Å². The fraction of sp³-hybridized carbons (Fsp3) is 0.125. The lowest BCUT2D eigenvalue weighted by Gasteiger charge is -2.09. The number of nitrogens with two attached hydrogens (primary N) is 1. The zero-order valence-electron chi connectivity index (χ0n) is 12.4.